The molecular weight excluding hydrogens is 224 g/mol. The lowest BCUT2D eigenvalue weighted by Crippen LogP contribution is -2.08. The fraction of sp³-hybridized carbons (Fsp3) is 0.273. The summed E-state index contributed by atoms with van der Waals surface area (Å²) in [4.78, 5) is 6.00. The van der Waals surface area contributed by atoms with Crippen LogP contribution in [0.4, 0.5) is 0 Å². The van der Waals surface area contributed by atoms with Gasteiger partial charge in [0.25, 0.3) is 0 Å². The first kappa shape index (κ1) is 12.2. The second-order valence-electron chi connectivity index (χ2n) is 3.25. The molecule has 1 rings (SSSR count). The van der Waals surface area contributed by atoms with E-state index in [0.29, 0.717) is 4.32 Å². The van der Waals surface area contributed by atoms with Gasteiger partial charge in [-0.15, -0.1) is 0 Å². The van der Waals surface area contributed by atoms with Crippen molar-refractivity contribution in [1.29, 1.82) is 0 Å². The lowest BCUT2D eigenvalue weighted by atomic mass is 10.2. The van der Waals surface area contributed by atoms with E-state index in [-0.39, 0.29) is 0 Å². The molecule has 0 atom stereocenters. The van der Waals surface area contributed by atoms with Crippen LogP contribution in [0.5, 0.6) is 0 Å². The monoisotopic (exact) mass is 238 g/mol. The molecule has 1 aromatic rings. The third-order valence-corrected chi connectivity index (χ3v) is 2.89. The number of hydrogen-bond donors (Lipinski definition) is 0. The Morgan fingerprint density at radius 2 is 2.07 bits per heavy atom. The van der Waals surface area contributed by atoms with Gasteiger partial charge in [-0.2, -0.15) is 0 Å². The van der Waals surface area contributed by atoms with Crippen molar-refractivity contribution in [3.8, 4) is 0 Å². The average Bonchev–Trinajstić information content (AvgIpc) is 2.25. The molecule has 0 heterocycles. The fourth-order valence-electron chi connectivity index (χ4n) is 0.919. The SMILES string of the molecule is CN(C)/C=N/C(=S)SCc1ccccc1. The van der Waals surface area contributed by atoms with E-state index in [9.17, 15) is 0 Å². The Morgan fingerprint density at radius 1 is 1.40 bits per heavy atom. The minimum atomic E-state index is 0.674. The van der Waals surface area contributed by atoms with Crippen LogP contribution in [0.25, 0.3) is 0 Å². The minimum Gasteiger partial charge on any atom is -0.369 e. The van der Waals surface area contributed by atoms with Crippen molar-refractivity contribution in [2.45, 2.75) is 5.75 Å². The van der Waals surface area contributed by atoms with Crippen LogP contribution in [0.15, 0.2) is 35.3 Å². The summed E-state index contributed by atoms with van der Waals surface area (Å²) in [5.41, 5.74) is 1.27. The fourth-order valence-corrected chi connectivity index (χ4v) is 1.75. The quantitative estimate of drug-likeness (QED) is 0.457. The van der Waals surface area contributed by atoms with E-state index in [1.807, 2.05) is 37.2 Å². The average molecular weight is 238 g/mol. The van der Waals surface area contributed by atoms with Crippen LogP contribution in [-0.2, 0) is 5.75 Å². The second-order valence-corrected chi connectivity index (χ2v) is 4.86. The Balaban J connectivity index is 2.35. The summed E-state index contributed by atoms with van der Waals surface area (Å²) in [5, 5.41) is 0. The molecule has 0 saturated carbocycles. The number of hydrogen-bond acceptors (Lipinski definition) is 2. The molecule has 0 spiro atoms. The zero-order chi connectivity index (χ0) is 11.1. The van der Waals surface area contributed by atoms with Crippen molar-refractivity contribution < 1.29 is 0 Å². The maximum absolute atomic E-state index is 5.11. The predicted octanol–water partition coefficient (Wildman–Crippen LogP) is 2.79. The molecule has 0 fully saturated rings. The smallest absolute Gasteiger partial charge is 0.161 e. The van der Waals surface area contributed by atoms with E-state index in [0.717, 1.165) is 5.75 Å². The van der Waals surface area contributed by atoms with Gasteiger partial charge >= 0.3 is 0 Å². The number of benzene rings is 1. The first-order chi connectivity index (χ1) is 7.18. The van der Waals surface area contributed by atoms with Gasteiger partial charge in [0.1, 0.15) is 0 Å². The van der Waals surface area contributed by atoms with Crippen LogP contribution in [0.3, 0.4) is 0 Å². The molecule has 15 heavy (non-hydrogen) atoms. The van der Waals surface area contributed by atoms with Gasteiger partial charge in [-0.1, -0.05) is 54.3 Å². The molecule has 0 radical (unpaired) electrons. The van der Waals surface area contributed by atoms with E-state index in [1.165, 1.54) is 5.56 Å². The normalized spacial score (nSPS) is 10.5. The van der Waals surface area contributed by atoms with Gasteiger partial charge in [-0.05, 0) is 5.56 Å². The molecule has 0 amide bonds. The second kappa shape index (κ2) is 6.58. The molecule has 0 aliphatic carbocycles. The van der Waals surface area contributed by atoms with Crippen molar-refractivity contribution in [2.24, 2.45) is 4.99 Å². The van der Waals surface area contributed by atoms with Crippen LogP contribution in [0.2, 0.25) is 0 Å². The standard InChI is InChI=1S/C11H14N2S2/c1-13(2)9-12-11(14)15-8-10-6-4-3-5-7-10/h3-7,9H,8H2,1-2H3/b12-9+. The molecular formula is C11H14N2S2. The Hall–Kier alpha value is -0.870. The summed E-state index contributed by atoms with van der Waals surface area (Å²) in [6.07, 6.45) is 1.72. The molecule has 0 aromatic heterocycles. The molecule has 1 aromatic carbocycles. The van der Waals surface area contributed by atoms with Gasteiger partial charge in [0.05, 0.1) is 6.34 Å². The largest absolute Gasteiger partial charge is 0.369 e. The third kappa shape index (κ3) is 5.54. The van der Waals surface area contributed by atoms with Crippen LogP contribution in [0, 0.1) is 0 Å². The summed E-state index contributed by atoms with van der Waals surface area (Å²) in [7, 11) is 3.85. The predicted molar refractivity (Wildman–Crippen MR) is 72.5 cm³/mol. The first-order valence-corrected chi connectivity index (χ1v) is 5.99. The molecule has 4 heteroatoms. The maximum Gasteiger partial charge on any atom is 0.161 e. The van der Waals surface area contributed by atoms with Crippen LogP contribution < -0.4 is 0 Å². The van der Waals surface area contributed by atoms with Gasteiger partial charge in [-0.3, -0.25) is 0 Å². The molecule has 80 valence electrons. The summed E-state index contributed by atoms with van der Waals surface area (Å²) in [5.74, 6) is 0.879. The molecule has 0 saturated heterocycles. The highest BCUT2D eigenvalue weighted by molar-refractivity contribution is 8.22. The molecule has 0 aliphatic heterocycles. The summed E-state index contributed by atoms with van der Waals surface area (Å²) < 4.78 is 0.674. The lowest BCUT2D eigenvalue weighted by Gasteiger charge is -2.03. The van der Waals surface area contributed by atoms with Crippen molar-refractivity contribution in [3.63, 3.8) is 0 Å². The maximum atomic E-state index is 5.11. The number of thioether (sulfide) groups is 1. The van der Waals surface area contributed by atoms with Gasteiger partial charge in [-0.25, -0.2) is 4.99 Å². The van der Waals surface area contributed by atoms with Crippen molar-refractivity contribution in [1.82, 2.24) is 4.90 Å². The van der Waals surface area contributed by atoms with E-state index in [2.05, 4.69) is 17.1 Å². The van der Waals surface area contributed by atoms with Gasteiger partial charge in [0, 0.05) is 19.8 Å². The summed E-state index contributed by atoms with van der Waals surface area (Å²) in [6.45, 7) is 0. The number of nitrogens with zero attached hydrogens (tertiary/aromatic N) is 2. The van der Waals surface area contributed by atoms with Crippen LogP contribution in [-0.4, -0.2) is 29.7 Å². The Kier molecular flexibility index (Phi) is 5.36. The highest BCUT2D eigenvalue weighted by Gasteiger charge is 1.96. The zero-order valence-corrected chi connectivity index (χ0v) is 10.5. The van der Waals surface area contributed by atoms with Crippen LogP contribution >= 0.6 is 24.0 Å². The Bertz CT molecular complexity index is 334. The number of thiocarbonyl (C=S) groups is 1. The minimum absolute atomic E-state index is 0.674. The van der Waals surface area contributed by atoms with E-state index < -0.39 is 0 Å². The number of aliphatic imine (C=N–C) groups is 1. The lowest BCUT2D eigenvalue weighted by molar-refractivity contribution is 0.644. The molecule has 0 bridgehead atoms. The highest BCUT2D eigenvalue weighted by Crippen LogP contribution is 2.14. The third-order valence-electron chi connectivity index (χ3n) is 1.60. The molecule has 0 aliphatic rings. The summed E-state index contributed by atoms with van der Waals surface area (Å²) >= 11 is 6.69. The van der Waals surface area contributed by atoms with E-state index in [4.69, 9.17) is 12.2 Å². The van der Waals surface area contributed by atoms with Gasteiger partial charge in [0.2, 0.25) is 0 Å². The van der Waals surface area contributed by atoms with Crippen molar-refractivity contribution >= 4 is 34.6 Å². The van der Waals surface area contributed by atoms with Gasteiger partial charge < -0.3 is 4.90 Å². The van der Waals surface area contributed by atoms with Crippen molar-refractivity contribution in [2.75, 3.05) is 14.1 Å². The topological polar surface area (TPSA) is 15.6 Å². The molecule has 0 N–H and O–H groups in total. The van der Waals surface area contributed by atoms with E-state index in [1.54, 1.807) is 18.1 Å². The molecule has 0 unspecified atom stereocenters. The first-order valence-electron chi connectivity index (χ1n) is 4.60. The summed E-state index contributed by atoms with van der Waals surface area (Å²) in [6, 6.07) is 10.2. The van der Waals surface area contributed by atoms with Crippen molar-refractivity contribution in [3.05, 3.63) is 35.9 Å². The molecule has 2 nitrogen and oxygen atoms in total. The van der Waals surface area contributed by atoms with Crippen LogP contribution in [0.1, 0.15) is 5.56 Å². The number of rotatable bonds is 3. The Morgan fingerprint density at radius 3 is 2.67 bits per heavy atom. The highest BCUT2D eigenvalue weighted by atomic mass is 32.2. The van der Waals surface area contributed by atoms with Gasteiger partial charge in [0.15, 0.2) is 4.32 Å². The Labute approximate surface area is 100 Å². The van der Waals surface area contributed by atoms with E-state index >= 15 is 0 Å². The zero-order valence-electron chi connectivity index (χ0n) is 8.88.